The number of urea groups is 1. The van der Waals surface area contributed by atoms with E-state index < -0.39 is 11.9 Å². The summed E-state index contributed by atoms with van der Waals surface area (Å²) in [5.74, 6) is -0.388. The third-order valence-corrected chi connectivity index (χ3v) is 4.96. The molecule has 0 radical (unpaired) electrons. The molecule has 1 aromatic heterocycles. The Bertz CT molecular complexity index is 817. The first-order valence-corrected chi connectivity index (χ1v) is 8.59. The lowest BCUT2D eigenvalue weighted by atomic mass is 10.1. The van der Waals surface area contributed by atoms with Gasteiger partial charge in [0.05, 0.1) is 5.56 Å². The number of rotatable bonds is 5. The van der Waals surface area contributed by atoms with Gasteiger partial charge < -0.3 is 15.8 Å². The molecule has 0 spiro atoms. The Labute approximate surface area is 148 Å². The minimum atomic E-state index is -0.923. The Morgan fingerprint density at radius 2 is 1.92 bits per heavy atom. The Morgan fingerprint density at radius 3 is 2.64 bits per heavy atom. The summed E-state index contributed by atoms with van der Waals surface area (Å²) in [6.45, 7) is -0.177. The van der Waals surface area contributed by atoms with Gasteiger partial charge in [-0.05, 0) is 37.0 Å². The molecule has 0 saturated carbocycles. The summed E-state index contributed by atoms with van der Waals surface area (Å²) in [5.41, 5.74) is 6.23. The van der Waals surface area contributed by atoms with E-state index in [1.165, 1.54) is 11.3 Å². The van der Waals surface area contributed by atoms with Gasteiger partial charge in [-0.1, -0.05) is 18.2 Å². The van der Waals surface area contributed by atoms with Crippen LogP contribution in [-0.4, -0.2) is 24.5 Å². The van der Waals surface area contributed by atoms with E-state index in [9.17, 15) is 14.4 Å². The summed E-state index contributed by atoms with van der Waals surface area (Å²) in [7, 11) is 0. The minimum Gasteiger partial charge on any atom is -0.484 e. The molecule has 130 valence electrons. The summed E-state index contributed by atoms with van der Waals surface area (Å²) in [6, 6.07) is 8.04. The number of anilines is 1. The molecule has 25 heavy (non-hydrogen) atoms. The molecule has 0 unspecified atom stereocenters. The van der Waals surface area contributed by atoms with Crippen molar-refractivity contribution in [1.29, 1.82) is 0 Å². The predicted octanol–water partition coefficient (Wildman–Crippen LogP) is 2.06. The number of fused-ring (bicyclic) bond motifs is 1. The molecular formula is C17H17N3O4S. The first-order chi connectivity index (χ1) is 12.0. The molecule has 3 rings (SSSR count). The highest BCUT2D eigenvalue weighted by atomic mass is 32.1. The van der Waals surface area contributed by atoms with Crippen LogP contribution in [0.15, 0.2) is 30.3 Å². The Hall–Kier alpha value is -2.87. The molecule has 1 aromatic carbocycles. The van der Waals surface area contributed by atoms with E-state index in [1.807, 2.05) is 18.2 Å². The molecule has 4 amide bonds. The zero-order chi connectivity index (χ0) is 17.8. The maximum absolute atomic E-state index is 12.3. The molecule has 0 bridgehead atoms. The van der Waals surface area contributed by atoms with Crippen molar-refractivity contribution >= 4 is 34.2 Å². The van der Waals surface area contributed by atoms with Crippen LogP contribution >= 0.6 is 11.3 Å². The summed E-state index contributed by atoms with van der Waals surface area (Å²) < 4.78 is 5.40. The third-order valence-electron chi connectivity index (χ3n) is 3.75. The Balaban J connectivity index is 1.72. The Morgan fingerprint density at radius 1 is 1.16 bits per heavy atom. The average Bonchev–Trinajstić information content (AvgIpc) is 3.13. The fourth-order valence-corrected chi connectivity index (χ4v) is 4.04. The molecular weight excluding hydrogens is 342 g/mol. The van der Waals surface area contributed by atoms with Gasteiger partial charge in [0.15, 0.2) is 6.61 Å². The van der Waals surface area contributed by atoms with E-state index in [1.54, 1.807) is 12.1 Å². The molecule has 7 nitrogen and oxygen atoms in total. The molecule has 1 heterocycles. The lowest BCUT2D eigenvalue weighted by Crippen LogP contribution is -2.35. The number of carbonyl (C=O) groups is 3. The van der Waals surface area contributed by atoms with Gasteiger partial charge in [-0.2, -0.15) is 0 Å². The topological polar surface area (TPSA) is 111 Å². The summed E-state index contributed by atoms with van der Waals surface area (Å²) in [4.78, 5) is 36.5. The van der Waals surface area contributed by atoms with Crippen LogP contribution in [0.1, 0.15) is 27.2 Å². The van der Waals surface area contributed by atoms with Crippen molar-refractivity contribution < 1.29 is 19.1 Å². The van der Waals surface area contributed by atoms with Gasteiger partial charge in [0, 0.05) is 4.88 Å². The van der Waals surface area contributed by atoms with Crippen LogP contribution in [0.5, 0.6) is 5.75 Å². The number of nitrogens with one attached hydrogen (secondary N) is 2. The number of benzene rings is 1. The number of imide groups is 1. The van der Waals surface area contributed by atoms with Crippen molar-refractivity contribution in [2.24, 2.45) is 5.73 Å². The summed E-state index contributed by atoms with van der Waals surface area (Å²) in [5, 5.41) is 5.20. The maximum atomic E-state index is 12.3. The number of para-hydroxylation sites is 1. The van der Waals surface area contributed by atoms with E-state index in [4.69, 9.17) is 10.5 Å². The van der Waals surface area contributed by atoms with Crippen LogP contribution in [0.2, 0.25) is 0 Å². The molecule has 4 N–H and O–H groups in total. The van der Waals surface area contributed by atoms with E-state index in [-0.39, 0.29) is 12.5 Å². The van der Waals surface area contributed by atoms with Gasteiger partial charge in [0.1, 0.15) is 10.8 Å². The lowest BCUT2D eigenvalue weighted by molar-refractivity contribution is -0.118. The number of hydrogen-bond acceptors (Lipinski definition) is 5. The highest BCUT2D eigenvalue weighted by Gasteiger charge is 2.28. The summed E-state index contributed by atoms with van der Waals surface area (Å²) in [6.07, 6.45) is 2.54. The van der Waals surface area contributed by atoms with Gasteiger partial charge >= 0.3 is 6.03 Å². The monoisotopic (exact) mass is 359 g/mol. The second-order valence-corrected chi connectivity index (χ2v) is 6.63. The number of carbonyl (C=O) groups excluding carboxylic acids is 3. The molecule has 1 aliphatic carbocycles. The van der Waals surface area contributed by atoms with Gasteiger partial charge in [0.25, 0.3) is 11.8 Å². The summed E-state index contributed by atoms with van der Waals surface area (Å²) >= 11 is 1.35. The van der Waals surface area contributed by atoms with Crippen LogP contribution in [0.4, 0.5) is 9.80 Å². The quantitative estimate of drug-likeness (QED) is 0.759. The van der Waals surface area contributed by atoms with Crippen molar-refractivity contribution in [3.05, 3.63) is 46.3 Å². The first kappa shape index (κ1) is 17.0. The Kier molecular flexibility index (Phi) is 4.99. The highest BCUT2D eigenvalue weighted by molar-refractivity contribution is 7.17. The average molecular weight is 359 g/mol. The highest BCUT2D eigenvalue weighted by Crippen LogP contribution is 2.39. The number of aryl methyl sites for hydroxylation is 1. The molecule has 0 fully saturated rings. The van der Waals surface area contributed by atoms with Crippen molar-refractivity contribution in [3.63, 3.8) is 0 Å². The second kappa shape index (κ2) is 7.35. The van der Waals surface area contributed by atoms with E-state index in [0.717, 1.165) is 29.7 Å². The number of hydrogen-bond donors (Lipinski definition) is 3. The van der Waals surface area contributed by atoms with E-state index in [0.29, 0.717) is 16.3 Å². The number of thiophene rings is 1. The fraction of sp³-hybridized carbons (Fsp3) is 0.235. The van der Waals surface area contributed by atoms with Crippen LogP contribution in [0, 0.1) is 0 Å². The number of primary amides is 1. The first-order valence-electron chi connectivity index (χ1n) is 7.77. The smallest absolute Gasteiger partial charge is 0.319 e. The fourth-order valence-electron chi connectivity index (χ4n) is 2.74. The van der Waals surface area contributed by atoms with Crippen molar-refractivity contribution in [2.45, 2.75) is 19.3 Å². The zero-order valence-corrected chi connectivity index (χ0v) is 14.2. The minimum absolute atomic E-state index is 0.177. The van der Waals surface area contributed by atoms with Crippen molar-refractivity contribution in [2.75, 3.05) is 11.9 Å². The number of nitrogens with two attached hydrogens (primary N) is 1. The lowest BCUT2D eigenvalue weighted by Gasteiger charge is -2.09. The molecule has 0 saturated heterocycles. The van der Waals surface area contributed by atoms with Gasteiger partial charge in [-0.3, -0.25) is 14.9 Å². The predicted molar refractivity (Wildman–Crippen MR) is 94.0 cm³/mol. The molecule has 1 aliphatic rings. The van der Waals surface area contributed by atoms with Crippen LogP contribution in [0.3, 0.4) is 0 Å². The van der Waals surface area contributed by atoms with Crippen LogP contribution in [0.25, 0.3) is 0 Å². The zero-order valence-electron chi connectivity index (χ0n) is 13.3. The third kappa shape index (κ3) is 3.97. The van der Waals surface area contributed by atoms with E-state index in [2.05, 4.69) is 10.6 Å². The molecule has 0 aliphatic heterocycles. The van der Waals surface area contributed by atoms with Crippen LogP contribution < -0.4 is 21.1 Å². The molecule has 2 aromatic rings. The normalized spacial score (nSPS) is 12.3. The van der Waals surface area contributed by atoms with Crippen LogP contribution in [-0.2, 0) is 17.6 Å². The molecule has 0 atom stereocenters. The maximum Gasteiger partial charge on any atom is 0.319 e. The van der Waals surface area contributed by atoms with Crippen molar-refractivity contribution in [1.82, 2.24) is 5.32 Å². The van der Waals surface area contributed by atoms with Gasteiger partial charge in [-0.15, -0.1) is 11.3 Å². The van der Waals surface area contributed by atoms with E-state index >= 15 is 0 Å². The van der Waals surface area contributed by atoms with Crippen molar-refractivity contribution in [3.8, 4) is 5.75 Å². The second-order valence-electron chi connectivity index (χ2n) is 5.53. The molecule has 8 heteroatoms. The largest absolute Gasteiger partial charge is 0.484 e. The van der Waals surface area contributed by atoms with Gasteiger partial charge in [0.2, 0.25) is 0 Å². The number of ether oxygens (including phenoxy) is 1. The standard InChI is InChI=1S/C17H17N3O4S/c18-17(23)20-15(22)14-11-7-4-8-12(11)25-16(14)19-13(21)9-24-10-5-2-1-3-6-10/h1-3,5-6H,4,7-9H2,(H,19,21)(H3,18,20,22,23). The SMILES string of the molecule is NC(=O)NC(=O)c1c(NC(=O)COc2ccccc2)sc2c1CCC2. The number of amides is 4. The van der Waals surface area contributed by atoms with Gasteiger partial charge in [-0.25, -0.2) is 4.79 Å².